The van der Waals surface area contributed by atoms with Crippen LogP contribution in [0.2, 0.25) is 0 Å². The van der Waals surface area contributed by atoms with E-state index in [1.54, 1.807) is 0 Å². The molecule has 0 aliphatic carbocycles. The van der Waals surface area contributed by atoms with Crippen LogP contribution in [-0.4, -0.2) is 6.54 Å². The van der Waals surface area contributed by atoms with Crippen molar-refractivity contribution in [2.24, 2.45) is 5.92 Å². The molecular weight excluding hydrogens is 182 g/mol. The van der Waals surface area contributed by atoms with Gasteiger partial charge in [-0.1, -0.05) is 51.3 Å². The second-order valence-corrected chi connectivity index (χ2v) is 4.54. The first kappa shape index (κ1) is 12.1. The first-order valence-electron chi connectivity index (χ1n) is 6.08. The van der Waals surface area contributed by atoms with Crippen molar-refractivity contribution in [3.8, 4) is 0 Å². The molecule has 0 amide bonds. The first-order chi connectivity index (χ1) is 7.29. The lowest BCUT2D eigenvalue weighted by atomic mass is 10.1. The molecule has 84 valence electrons. The van der Waals surface area contributed by atoms with Gasteiger partial charge in [0.05, 0.1) is 0 Å². The Kier molecular flexibility index (Phi) is 5.91. The van der Waals surface area contributed by atoms with Crippen molar-refractivity contribution in [1.82, 2.24) is 0 Å². The van der Waals surface area contributed by atoms with Gasteiger partial charge in [0.1, 0.15) is 0 Å². The van der Waals surface area contributed by atoms with Crippen LogP contribution < -0.4 is 5.32 Å². The van der Waals surface area contributed by atoms with Gasteiger partial charge < -0.3 is 5.32 Å². The number of hydrogen-bond acceptors (Lipinski definition) is 1. The highest BCUT2D eigenvalue weighted by atomic mass is 14.9. The van der Waals surface area contributed by atoms with Crippen molar-refractivity contribution in [3.05, 3.63) is 30.3 Å². The Labute approximate surface area is 93.9 Å². The minimum absolute atomic E-state index is 0.854. The van der Waals surface area contributed by atoms with Crippen molar-refractivity contribution in [2.45, 2.75) is 39.5 Å². The maximum atomic E-state index is 3.43. The molecule has 0 heterocycles. The van der Waals surface area contributed by atoms with Crippen molar-refractivity contribution >= 4 is 5.69 Å². The zero-order chi connectivity index (χ0) is 10.9. The van der Waals surface area contributed by atoms with E-state index in [9.17, 15) is 0 Å². The fraction of sp³-hybridized carbons (Fsp3) is 0.571. The molecule has 0 atom stereocenters. The lowest BCUT2D eigenvalue weighted by Crippen LogP contribution is -2.01. The van der Waals surface area contributed by atoms with Gasteiger partial charge in [-0.3, -0.25) is 0 Å². The highest BCUT2D eigenvalue weighted by Crippen LogP contribution is 2.09. The average Bonchev–Trinajstić information content (AvgIpc) is 2.24. The van der Waals surface area contributed by atoms with E-state index in [1.807, 2.05) is 6.07 Å². The number of rotatable bonds is 7. The number of anilines is 1. The summed E-state index contributed by atoms with van der Waals surface area (Å²) < 4.78 is 0. The maximum absolute atomic E-state index is 3.43. The number of unbranched alkanes of at least 4 members (excludes halogenated alkanes) is 2. The molecule has 1 aromatic rings. The smallest absolute Gasteiger partial charge is 0.0340 e. The number of hydrogen-bond donors (Lipinski definition) is 1. The van der Waals surface area contributed by atoms with Crippen LogP contribution >= 0.6 is 0 Å². The molecule has 15 heavy (non-hydrogen) atoms. The summed E-state index contributed by atoms with van der Waals surface area (Å²) in [6.45, 7) is 5.69. The standard InChI is InChI=1S/C14H23N/c1-13(2)9-5-4-8-12-15-14-10-6-3-7-11-14/h3,6-7,10-11,13,15H,4-5,8-9,12H2,1-2H3. The van der Waals surface area contributed by atoms with Gasteiger partial charge in [0.25, 0.3) is 0 Å². The Morgan fingerprint density at radius 3 is 2.40 bits per heavy atom. The molecule has 0 unspecified atom stereocenters. The molecule has 1 N–H and O–H groups in total. The predicted molar refractivity (Wildman–Crippen MR) is 68.2 cm³/mol. The molecule has 1 nitrogen and oxygen atoms in total. The topological polar surface area (TPSA) is 12.0 Å². The van der Waals surface area contributed by atoms with Gasteiger partial charge in [-0.25, -0.2) is 0 Å². The molecule has 1 heteroatoms. The van der Waals surface area contributed by atoms with E-state index in [0.29, 0.717) is 0 Å². The van der Waals surface area contributed by atoms with Crippen LogP contribution in [0.5, 0.6) is 0 Å². The number of nitrogens with one attached hydrogen (secondary N) is 1. The summed E-state index contributed by atoms with van der Waals surface area (Å²) in [5.41, 5.74) is 1.24. The minimum atomic E-state index is 0.854. The monoisotopic (exact) mass is 205 g/mol. The van der Waals surface area contributed by atoms with Gasteiger partial charge in [-0.05, 0) is 24.5 Å². The molecule has 0 aliphatic rings. The molecule has 0 saturated heterocycles. The molecule has 0 spiro atoms. The third-order valence-corrected chi connectivity index (χ3v) is 2.56. The van der Waals surface area contributed by atoms with Crippen LogP contribution in [-0.2, 0) is 0 Å². The molecule has 0 radical (unpaired) electrons. The van der Waals surface area contributed by atoms with E-state index in [4.69, 9.17) is 0 Å². The second-order valence-electron chi connectivity index (χ2n) is 4.54. The summed E-state index contributed by atoms with van der Waals surface area (Å²) in [7, 11) is 0. The third-order valence-electron chi connectivity index (χ3n) is 2.56. The van der Waals surface area contributed by atoms with E-state index < -0.39 is 0 Å². The minimum Gasteiger partial charge on any atom is -0.385 e. The summed E-state index contributed by atoms with van der Waals surface area (Å²) in [5.74, 6) is 0.854. The average molecular weight is 205 g/mol. The molecule has 0 bridgehead atoms. The highest BCUT2D eigenvalue weighted by molar-refractivity contribution is 5.42. The van der Waals surface area contributed by atoms with E-state index in [0.717, 1.165) is 12.5 Å². The molecule has 1 aromatic carbocycles. The van der Waals surface area contributed by atoms with Gasteiger partial charge in [0.2, 0.25) is 0 Å². The van der Waals surface area contributed by atoms with Crippen LogP contribution in [0.3, 0.4) is 0 Å². The van der Waals surface area contributed by atoms with E-state index in [2.05, 4.69) is 43.4 Å². The SMILES string of the molecule is CC(C)CCCCCNc1ccccc1. The van der Waals surface area contributed by atoms with Crippen molar-refractivity contribution in [1.29, 1.82) is 0 Å². The van der Waals surface area contributed by atoms with Gasteiger partial charge in [-0.2, -0.15) is 0 Å². The quantitative estimate of drug-likeness (QED) is 0.654. The second kappa shape index (κ2) is 7.33. The normalized spacial score (nSPS) is 10.6. The van der Waals surface area contributed by atoms with E-state index in [1.165, 1.54) is 31.4 Å². The lowest BCUT2D eigenvalue weighted by molar-refractivity contribution is 0.531. The van der Waals surface area contributed by atoms with Gasteiger partial charge in [-0.15, -0.1) is 0 Å². The van der Waals surface area contributed by atoms with Crippen LogP contribution in [0.4, 0.5) is 5.69 Å². The maximum Gasteiger partial charge on any atom is 0.0340 e. The summed E-state index contributed by atoms with van der Waals surface area (Å²) >= 11 is 0. The molecule has 0 aliphatic heterocycles. The Bertz CT molecular complexity index is 241. The molecular formula is C14H23N. The van der Waals surface area contributed by atoms with Gasteiger partial charge >= 0.3 is 0 Å². The van der Waals surface area contributed by atoms with Crippen LogP contribution in [0.15, 0.2) is 30.3 Å². The molecule has 1 rings (SSSR count). The van der Waals surface area contributed by atoms with Crippen LogP contribution in [0.1, 0.15) is 39.5 Å². The Hall–Kier alpha value is -0.980. The fourth-order valence-electron chi connectivity index (χ4n) is 1.64. The largest absolute Gasteiger partial charge is 0.385 e. The van der Waals surface area contributed by atoms with Gasteiger partial charge in [0, 0.05) is 12.2 Å². The Morgan fingerprint density at radius 1 is 1.00 bits per heavy atom. The predicted octanol–water partition coefficient (Wildman–Crippen LogP) is 4.31. The zero-order valence-electron chi connectivity index (χ0n) is 10.00. The van der Waals surface area contributed by atoms with Crippen LogP contribution in [0, 0.1) is 5.92 Å². The summed E-state index contributed by atoms with van der Waals surface area (Å²) in [6, 6.07) is 10.4. The van der Waals surface area contributed by atoms with E-state index >= 15 is 0 Å². The fourth-order valence-corrected chi connectivity index (χ4v) is 1.64. The molecule has 0 saturated carbocycles. The zero-order valence-corrected chi connectivity index (χ0v) is 10.00. The highest BCUT2D eigenvalue weighted by Gasteiger charge is 1.94. The summed E-state index contributed by atoms with van der Waals surface area (Å²) in [4.78, 5) is 0. The third kappa shape index (κ3) is 6.16. The molecule has 0 fully saturated rings. The summed E-state index contributed by atoms with van der Waals surface area (Å²) in [5, 5.41) is 3.43. The van der Waals surface area contributed by atoms with Gasteiger partial charge in [0.15, 0.2) is 0 Å². The van der Waals surface area contributed by atoms with E-state index in [-0.39, 0.29) is 0 Å². The lowest BCUT2D eigenvalue weighted by Gasteiger charge is -2.06. The van der Waals surface area contributed by atoms with Crippen molar-refractivity contribution in [3.63, 3.8) is 0 Å². The van der Waals surface area contributed by atoms with Crippen LogP contribution in [0.25, 0.3) is 0 Å². The number of para-hydroxylation sites is 1. The molecule has 0 aromatic heterocycles. The summed E-state index contributed by atoms with van der Waals surface area (Å²) in [6.07, 6.45) is 5.36. The first-order valence-corrected chi connectivity index (χ1v) is 6.08. The van der Waals surface area contributed by atoms with Crippen molar-refractivity contribution in [2.75, 3.05) is 11.9 Å². The number of benzene rings is 1. The Balaban J connectivity index is 1.98. The van der Waals surface area contributed by atoms with Crippen molar-refractivity contribution < 1.29 is 0 Å². The Morgan fingerprint density at radius 2 is 1.73 bits per heavy atom.